The fourth-order valence-corrected chi connectivity index (χ4v) is 3.14. The molecular formula is C12H9O3SZn. The zero-order valence-corrected chi connectivity index (χ0v) is 12.8. The zero-order chi connectivity index (χ0) is 12.3. The van der Waals surface area contributed by atoms with Gasteiger partial charge in [0.25, 0.3) is 0 Å². The molecule has 0 fully saturated rings. The van der Waals surface area contributed by atoms with Gasteiger partial charge in [0, 0.05) is 0 Å². The predicted molar refractivity (Wildman–Crippen MR) is 59.0 cm³/mol. The van der Waals surface area contributed by atoms with E-state index in [-0.39, 0.29) is 4.90 Å². The number of benzene rings is 2. The maximum absolute atomic E-state index is 12.2. The molecule has 0 N–H and O–H groups in total. The van der Waals surface area contributed by atoms with Gasteiger partial charge in [0.05, 0.1) is 0 Å². The fourth-order valence-electron chi connectivity index (χ4n) is 1.45. The van der Waals surface area contributed by atoms with Gasteiger partial charge in [-0.2, -0.15) is 0 Å². The molecule has 0 bridgehead atoms. The van der Waals surface area contributed by atoms with Gasteiger partial charge >= 0.3 is 111 Å². The molecule has 0 saturated heterocycles. The van der Waals surface area contributed by atoms with E-state index in [0.29, 0.717) is 29.3 Å². The standard InChI is InChI=1S/C12H10O3S.Zn/c13-10-6-8-12(9-7-10)16(14,15)11-4-2-1-3-5-11;/h1-9,13H;/q;+1/p-1. The Labute approximate surface area is 110 Å². The Morgan fingerprint density at radius 1 is 0.824 bits per heavy atom. The Morgan fingerprint density at radius 3 is 1.88 bits per heavy atom. The minimum atomic E-state index is -3.41. The van der Waals surface area contributed by atoms with E-state index >= 15 is 0 Å². The molecule has 3 nitrogen and oxygen atoms in total. The molecule has 0 unspecified atom stereocenters. The number of hydrogen-bond acceptors (Lipinski definition) is 3. The van der Waals surface area contributed by atoms with Gasteiger partial charge in [-0.15, -0.1) is 0 Å². The van der Waals surface area contributed by atoms with Gasteiger partial charge in [-0.25, -0.2) is 0 Å². The van der Waals surface area contributed by atoms with E-state index in [1.54, 1.807) is 54.6 Å². The first-order valence-electron chi connectivity index (χ1n) is 4.97. The summed E-state index contributed by atoms with van der Waals surface area (Å²) in [5, 5.41) is 0. The van der Waals surface area contributed by atoms with Crippen molar-refractivity contribution >= 4 is 9.84 Å². The van der Waals surface area contributed by atoms with Crippen molar-refractivity contribution in [3.63, 3.8) is 0 Å². The monoisotopic (exact) mass is 297 g/mol. The molecule has 0 radical (unpaired) electrons. The predicted octanol–water partition coefficient (Wildman–Crippen LogP) is 2.36. The summed E-state index contributed by atoms with van der Waals surface area (Å²) in [4.78, 5) is 0.586. The summed E-state index contributed by atoms with van der Waals surface area (Å²) in [6.07, 6.45) is 0. The second-order valence-electron chi connectivity index (χ2n) is 3.43. The summed E-state index contributed by atoms with van der Waals surface area (Å²) in [5.41, 5.74) is 0. The van der Waals surface area contributed by atoms with Crippen LogP contribution in [-0.2, 0) is 28.5 Å². The molecule has 0 aliphatic carbocycles. The van der Waals surface area contributed by atoms with Crippen LogP contribution in [0.3, 0.4) is 0 Å². The fraction of sp³-hybridized carbons (Fsp3) is 0. The Kier molecular flexibility index (Phi) is 3.60. The van der Waals surface area contributed by atoms with E-state index in [9.17, 15) is 8.42 Å². The molecule has 2 aromatic carbocycles. The van der Waals surface area contributed by atoms with E-state index in [1.165, 1.54) is 0 Å². The van der Waals surface area contributed by atoms with Crippen LogP contribution in [0.25, 0.3) is 0 Å². The second kappa shape index (κ2) is 4.98. The first-order valence-corrected chi connectivity index (χ1v) is 7.66. The van der Waals surface area contributed by atoms with Crippen LogP contribution in [0.1, 0.15) is 0 Å². The molecule has 83 valence electrons. The van der Waals surface area contributed by atoms with Crippen LogP contribution in [0, 0.1) is 0 Å². The summed E-state index contributed by atoms with van der Waals surface area (Å²) in [5.74, 6) is 0.692. The van der Waals surface area contributed by atoms with Crippen molar-refractivity contribution in [2.45, 2.75) is 9.79 Å². The van der Waals surface area contributed by atoms with Crippen LogP contribution in [0.15, 0.2) is 64.4 Å². The SMILES string of the molecule is O=S(=O)(c1ccccc1)c1ccc([O][Zn])cc1. The normalized spacial score (nSPS) is 11.2. The minimum absolute atomic E-state index is 0.282. The van der Waals surface area contributed by atoms with Crippen molar-refractivity contribution in [3.8, 4) is 5.75 Å². The molecule has 2 aromatic rings. The van der Waals surface area contributed by atoms with E-state index in [1.807, 2.05) is 0 Å². The van der Waals surface area contributed by atoms with Gasteiger partial charge in [-0.05, 0) is 0 Å². The van der Waals surface area contributed by atoms with Crippen molar-refractivity contribution < 1.29 is 30.6 Å². The molecule has 0 spiro atoms. The van der Waals surface area contributed by atoms with Crippen LogP contribution in [-0.4, -0.2) is 8.42 Å². The molecule has 0 amide bonds. The Bertz CT molecular complexity index is 591. The average Bonchev–Trinajstić information content (AvgIpc) is 2.40. The summed E-state index contributed by atoms with van der Waals surface area (Å²) in [6.45, 7) is 0. The van der Waals surface area contributed by atoms with E-state index in [4.69, 9.17) is 3.56 Å². The van der Waals surface area contributed by atoms with Crippen molar-refractivity contribution in [1.29, 1.82) is 0 Å². The van der Waals surface area contributed by atoms with Crippen molar-refractivity contribution in [2.24, 2.45) is 0 Å². The van der Waals surface area contributed by atoms with Gasteiger partial charge < -0.3 is 0 Å². The third-order valence-electron chi connectivity index (χ3n) is 2.35. The quantitative estimate of drug-likeness (QED) is 0.817. The molecule has 0 atom stereocenters. The summed E-state index contributed by atoms with van der Waals surface area (Å²) >= 11 is 0.685. The molecule has 0 aromatic heterocycles. The van der Waals surface area contributed by atoms with Crippen LogP contribution in [0.2, 0.25) is 0 Å². The van der Waals surface area contributed by atoms with E-state index < -0.39 is 9.84 Å². The maximum atomic E-state index is 12.2. The van der Waals surface area contributed by atoms with Crippen LogP contribution in [0.4, 0.5) is 0 Å². The zero-order valence-electron chi connectivity index (χ0n) is 9.04. The van der Waals surface area contributed by atoms with Crippen molar-refractivity contribution in [1.82, 2.24) is 0 Å². The second-order valence-corrected chi connectivity index (χ2v) is 5.99. The topological polar surface area (TPSA) is 43.4 Å². The third kappa shape index (κ3) is 2.56. The number of rotatable bonds is 3. The van der Waals surface area contributed by atoms with Crippen molar-refractivity contribution in [3.05, 3.63) is 54.6 Å². The molecule has 0 heterocycles. The van der Waals surface area contributed by atoms with Gasteiger partial charge in [-0.1, -0.05) is 0 Å². The van der Waals surface area contributed by atoms with Crippen LogP contribution >= 0.6 is 0 Å². The Balaban J connectivity index is 2.45. The van der Waals surface area contributed by atoms with Gasteiger partial charge in [0.2, 0.25) is 0 Å². The van der Waals surface area contributed by atoms with E-state index in [0.717, 1.165) is 0 Å². The molecule has 17 heavy (non-hydrogen) atoms. The number of sulfone groups is 1. The molecule has 2 rings (SSSR count). The molecule has 0 aliphatic heterocycles. The van der Waals surface area contributed by atoms with Gasteiger partial charge in [0.15, 0.2) is 0 Å². The average molecular weight is 299 g/mol. The molecule has 5 heteroatoms. The summed E-state index contributed by atoms with van der Waals surface area (Å²) < 4.78 is 29.5. The summed E-state index contributed by atoms with van der Waals surface area (Å²) in [7, 11) is -3.41. The van der Waals surface area contributed by atoms with Crippen LogP contribution in [0.5, 0.6) is 5.75 Å². The van der Waals surface area contributed by atoms with E-state index in [2.05, 4.69) is 0 Å². The Morgan fingerprint density at radius 2 is 1.35 bits per heavy atom. The Hall–Kier alpha value is -1.19. The van der Waals surface area contributed by atoms with Gasteiger partial charge in [0.1, 0.15) is 0 Å². The first kappa shape index (κ1) is 12.3. The molecule has 0 saturated carbocycles. The first-order chi connectivity index (χ1) is 8.14. The molecular weight excluding hydrogens is 290 g/mol. The summed E-state index contributed by atoms with van der Waals surface area (Å²) in [6, 6.07) is 14.8. The van der Waals surface area contributed by atoms with Crippen LogP contribution < -0.4 is 3.56 Å². The van der Waals surface area contributed by atoms with Crippen molar-refractivity contribution in [2.75, 3.05) is 0 Å². The third-order valence-corrected chi connectivity index (χ3v) is 4.84. The van der Waals surface area contributed by atoms with Gasteiger partial charge in [-0.3, -0.25) is 0 Å². The molecule has 0 aliphatic rings. The number of hydrogen-bond donors (Lipinski definition) is 0.